The fourth-order valence-corrected chi connectivity index (χ4v) is 6.47. The maximum Gasteiger partial charge on any atom is 0.420 e. The summed E-state index contributed by atoms with van der Waals surface area (Å²) in [6.07, 6.45) is -9.72. The molecule has 0 radical (unpaired) electrons. The van der Waals surface area contributed by atoms with Gasteiger partial charge in [0.1, 0.15) is 17.3 Å². The van der Waals surface area contributed by atoms with Crippen molar-refractivity contribution >= 4 is 21.5 Å². The van der Waals surface area contributed by atoms with Gasteiger partial charge in [0.2, 0.25) is 21.7 Å². The summed E-state index contributed by atoms with van der Waals surface area (Å²) in [5.74, 6) is -11.6. The van der Waals surface area contributed by atoms with Crippen LogP contribution in [0.4, 0.5) is 45.2 Å². The third kappa shape index (κ3) is 6.99. The first-order chi connectivity index (χ1) is 18.4. The molecule has 1 atom stereocenters. The standard InChI is InChI=1S/C25H30F9NO5S/c1-21(2,20(36)37)13-40-18-11-19-17(10-16(18)24(30,31)32)35(15-5-8-23(28,29)9-6-15)12-14(4-7-22(3,26)27)25(33,34)41(19,38)39/h10-11,14-15H,4-9,12-13H2,1-3H3,(H,36,37)/t14-/m1/s1. The number of hydrogen-bond donors (Lipinski definition) is 1. The minimum atomic E-state index is -5.85. The number of anilines is 1. The number of sulfone groups is 1. The number of benzene rings is 1. The number of carboxylic acids is 1. The SMILES string of the molecule is CC(F)(F)CC[C@@H]1CN(C2CCC(F)(F)CC2)c2cc(C(F)(F)F)c(OCC(C)(C)C(=O)O)cc2S(=O)(=O)C1(F)F. The minimum Gasteiger partial charge on any atom is -0.492 e. The molecular formula is C25H30F9NO5S. The van der Waals surface area contributed by atoms with Crippen molar-refractivity contribution < 1.29 is 62.6 Å². The van der Waals surface area contributed by atoms with Crippen molar-refractivity contribution in [2.24, 2.45) is 11.3 Å². The second-order valence-corrected chi connectivity index (χ2v) is 13.4. The molecule has 1 N–H and O–H groups in total. The molecule has 1 aromatic carbocycles. The Morgan fingerprint density at radius 3 is 2.10 bits per heavy atom. The summed E-state index contributed by atoms with van der Waals surface area (Å²) in [6.45, 7) is 0.743. The zero-order valence-corrected chi connectivity index (χ0v) is 23.1. The molecule has 1 fully saturated rings. The third-order valence-electron chi connectivity index (χ3n) is 7.44. The van der Waals surface area contributed by atoms with Gasteiger partial charge in [-0.05, 0) is 46.1 Å². The van der Waals surface area contributed by atoms with E-state index >= 15 is 8.78 Å². The predicted octanol–water partition coefficient (Wildman–Crippen LogP) is 7.01. The number of aliphatic carboxylic acids is 1. The number of ether oxygens (including phenoxy) is 1. The average molecular weight is 628 g/mol. The van der Waals surface area contributed by atoms with Crippen LogP contribution in [-0.4, -0.2) is 55.8 Å². The number of fused-ring (bicyclic) bond motifs is 1. The fraction of sp³-hybridized carbons (Fsp3) is 0.720. The number of carbonyl (C=O) groups is 1. The molecule has 16 heteroatoms. The number of halogens is 9. The number of carboxylic acid groups (broad SMARTS) is 1. The Balaban J connectivity index is 2.25. The third-order valence-corrected chi connectivity index (χ3v) is 9.40. The molecule has 1 aromatic rings. The van der Waals surface area contributed by atoms with Gasteiger partial charge < -0.3 is 14.7 Å². The van der Waals surface area contributed by atoms with Crippen molar-refractivity contribution in [2.45, 2.75) is 93.5 Å². The van der Waals surface area contributed by atoms with Crippen molar-refractivity contribution in [3.05, 3.63) is 17.7 Å². The van der Waals surface area contributed by atoms with Gasteiger partial charge in [-0.2, -0.15) is 22.0 Å². The van der Waals surface area contributed by atoms with Crippen LogP contribution < -0.4 is 9.64 Å². The topological polar surface area (TPSA) is 83.9 Å². The van der Waals surface area contributed by atoms with Crippen LogP contribution in [0.3, 0.4) is 0 Å². The summed E-state index contributed by atoms with van der Waals surface area (Å²) in [5.41, 5.74) is -4.22. The van der Waals surface area contributed by atoms with E-state index in [1.807, 2.05) is 0 Å². The summed E-state index contributed by atoms with van der Waals surface area (Å²) < 4.78 is 160. The predicted molar refractivity (Wildman–Crippen MR) is 128 cm³/mol. The molecule has 1 aliphatic heterocycles. The van der Waals surface area contributed by atoms with E-state index in [-0.39, 0.29) is 25.0 Å². The Hall–Kier alpha value is -2.39. The van der Waals surface area contributed by atoms with Crippen LogP contribution in [0.2, 0.25) is 0 Å². The minimum absolute atomic E-state index is 0.223. The first kappa shape index (κ1) is 33.1. The van der Waals surface area contributed by atoms with Gasteiger partial charge in [-0.1, -0.05) is 0 Å². The lowest BCUT2D eigenvalue weighted by Gasteiger charge is -2.40. The van der Waals surface area contributed by atoms with Crippen molar-refractivity contribution in [3.63, 3.8) is 0 Å². The van der Waals surface area contributed by atoms with Gasteiger partial charge in [-0.25, -0.2) is 26.0 Å². The van der Waals surface area contributed by atoms with Gasteiger partial charge in [0.15, 0.2) is 0 Å². The maximum absolute atomic E-state index is 15.7. The highest BCUT2D eigenvalue weighted by Crippen LogP contribution is 2.51. The summed E-state index contributed by atoms with van der Waals surface area (Å²) in [4.78, 5) is 11.0. The van der Waals surface area contributed by atoms with E-state index in [2.05, 4.69) is 0 Å². The van der Waals surface area contributed by atoms with Crippen LogP contribution in [0, 0.1) is 11.3 Å². The largest absolute Gasteiger partial charge is 0.492 e. The van der Waals surface area contributed by atoms with E-state index < -0.39 is 117 Å². The average Bonchev–Trinajstić information content (AvgIpc) is 2.86. The van der Waals surface area contributed by atoms with Gasteiger partial charge in [-0.15, -0.1) is 0 Å². The van der Waals surface area contributed by atoms with E-state index in [9.17, 15) is 49.1 Å². The van der Waals surface area contributed by atoms with E-state index in [0.29, 0.717) is 6.92 Å². The zero-order chi connectivity index (χ0) is 31.4. The van der Waals surface area contributed by atoms with E-state index in [4.69, 9.17) is 4.74 Å². The highest BCUT2D eigenvalue weighted by molar-refractivity contribution is 7.92. The second-order valence-electron chi connectivity index (χ2n) is 11.4. The molecule has 0 bridgehead atoms. The molecule has 0 unspecified atom stereocenters. The molecule has 0 spiro atoms. The quantitative estimate of drug-likeness (QED) is 0.312. The van der Waals surface area contributed by atoms with Crippen molar-refractivity contribution in [1.29, 1.82) is 0 Å². The molecule has 6 nitrogen and oxygen atoms in total. The lowest BCUT2D eigenvalue weighted by atomic mass is 9.89. The van der Waals surface area contributed by atoms with Crippen LogP contribution in [0.5, 0.6) is 5.75 Å². The molecule has 234 valence electrons. The molecule has 1 saturated carbocycles. The van der Waals surface area contributed by atoms with Gasteiger partial charge >= 0.3 is 17.4 Å². The molecular weight excluding hydrogens is 597 g/mol. The summed E-state index contributed by atoms with van der Waals surface area (Å²) in [7, 11) is -5.85. The van der Waals surface area contributed by atoms with Crippen molar-refractivity contribution in [3.8, 4) is 5.75 Å². The van der Waals surface area contributed by atoms with Crippen LogP contribution >= 0.6 is 0 Å². The second kappa shape index (κ2) is 10.7. The molecule has 1 aliphatic carbocycles. The number of hydrogen-bond acceptors (Lipinski definition) is 5. The molecule has 41 heavy (non-hydrogen) atoms. The highest BCUT2D eigenvalue weighted by atomic mass is 32.2. The van der Waals surface area contributed by atoms with Crippen LogP contribution in [0.25, 0.3) is 0 Å². The Kier molecular flexibility index (Phi) is 8.65. The zero-order valence-electron chi connectivity index (χ0n) is 22.3. The molecule has 0 aromatic heterocycles. The van der Waals surface area contributed by atoms with Crippen molar-refractivity contribution in [1.82, 2.24) is 0 Å². The van der Waals surface area contributed by atoms with Crippen molar-refractivity contribution in [2.75, 3.05) is 18.1 Å². The first-order valence-electron chi connectivity index (χ1n) is 12.7. The number of alkyl halides is 9. The van der Waals surface area contributed by atoms with E-state index in [0.717, 1.165) is 18.7 Å². The Labute approximate surface area is 230 Å². The lowest BCUT2D eigenvalue weighted by molar-refractivity contribution is -0.148. The highest BCUT2D eigenvalue weighted by Gasteiger charge is 2.58. The van der Waals surface area contributed by atoms with Gasteiger partial charge in [0, 0.05) is 37.9 Å². The smallest absolute Gasteiger partial charge is 0.420 e. The summed E-state index contributed by atoms with van der Waals surface area (Å²) in [6, 6.07) is -0.614. The number of nitrogens with zero attached hydrogens (tertiary/aromatic N) is 1. The summed E-state index contributed by atoms with van der Waals surface area (Å²) >= 11 is 0. The molecule has 1 heterocycles. The van der Waals surface area contributed by atoms with Gasteiger partial charge in [-0.3, -0.25) is 4.79 Å². The Bertz CT molecular complexity index is 1250. The Morgan fingerprint density at radius 2 is 1.61 bits per heavy atom. The lowest BCUT2D eigenvalue weighted by Crippen LogP contribution is -2.46. The van der Waals surface area contributed by atoms with Crippen LogP contribution in [0.1, 0.15) is 64.9 Å². The van der Waals surface area contributed by atoms with Crippen LogP contribution in [-0.2, 0) is 20.8 Å². The molecule has 0 saturated heterocycles. The maximum atomic E-state index is 15.7. The molecule has 3 rings (SSSR count). The molecule has 0 amide bonds. The molecule has 2 aliphatic rings. The first-order valence-corrected chi connectivity index (χ1v) is 14.1. The normalized spacial score (nSPS) is 23.0. The van der Waals surface area contributed by atoms with Gasteiger partial charge in [0.05, 0.1) is 22.6 Å². The summed E-state index contributed by atoms with van der Waals surface area (Å²) in [5, 5.41) is 4.53. The Morgan fingerprint density at radius 1 is 1.05 bits per heavy atom. The monoisotopic (exact) mass is 627 g/mol. The van der Waals surface area contributed by atoms with E-state index in [1.54, 1.807) is 0 Å². The number of rotatable bonds is 8. The van der Waals surface area contributed by atoms with E-state index in [1.165, 1.54) is 0 Å². The van der Waals surface area contributed by atoms with Gasteiger partial charge in [0.25, 0.3) is 0 Å². The van der Waals surface area contributed by atoms with Crippen LogP contribution in [0.15, 0.2) is 17.0 Å². The fourth-order valence-electron chi connectivity index (χ4n) is 4.83.